The minimum absolute atomic E-state index is 0.0328. The van der Waals surface area contributed by atoms with Crippen LogP contribution in [0.25, 0.3) is 0 Å². The highest BCUT2D eigenvalue weighted by molar-refractivity contribution is 7.47. The van der Waals surface area contributed by atoms with Crippen molar-refractivity contribution in [2.75, 3.05) is 47.5 Å². The van der Waals surface area contributed by atoms with E-state index in [-0.39, 0.29) is 32.0 Å². The van der Waals surface area contributed by atoms with Gasteiger partial charge in [0.2, 0.25) is 0 Å². The molecule has 1 N–H and O–H groups in total. The molecule has 61 heavy (non-hydrogen) atoms. The van der Waals surface area contributed by atoms with Gasteiger partial charge in [-0.25, -0.2) is 4.57 Å². The molecular formula is C51H95NO8P+. The zero-order valence-electron chi connectivity index (χ0n) is 40.1. The molecule has 2 atom stereocenters. The first kappa shape index (κ1) is 59.0. The fourth-order valence-corrected chi connectivity index (χ4v) is 7.51. The van der Waals surface area contributed by atoms with Gasteiger partial charge in [-0.1, -0.05) is 197 Å². The number of hydrogen-bond donors (Lipinski definition) is 1. The summed E-state index contributed by atoms with van der Waals surface area (Å²) in [5.74, 6) is -0.803. The molecule has 0 radical (unpaired) electrons. The standard InChI is InChI=1S/C51H94NO8P/c1-6-8-10-12-14-15-16-17-18-19-20-21-22-23-24-25-26-27-28-29-30-31-32-33-34-35-36-37-38-40-42-44-51(54)60-49(47-57-50(53)43-41-39-13-11-9-7-2)48-59-61(55,56)58-46-45-52(3,4)5/h8,10,14-15,17-18,20-21,49H,6-7,9,11-13,16,19,22-48H2,1-5H3/p+1/b10-8-,15-14-,18-17-,21-20-. The average Bonchev–Trinajstić information content (AvgIpc) is 3.21. The predicted molar refractivity (Wildman–Crippen MR) is 257 cm³/mol. The zero-order chi connectivity index (χ0) is 45.0. The summed E-state index contributed by atoms with van der Waals surface area (Å²) in [7, 11) is 1.48. The Hall–Kier alpha value is -2.03. The van der Waals surface area contributed by atoms with E-state index in [1.165, 1.54) is 116 Å². The molecule has 9 nitrogen and oxygen atoms in total. The third kappa shape index (κ3) is 47.3. The Morgan fingerprint density at radius 2 is 0.934 bits per heavy atom. The summed E-state index contributed by atoms with van der Waals surface area (Å²) in [6.45, 7) is 4.25. The van der Waals surface area contributed by atoms with E-state index in [9.17, 15) is 19.0 Å². The van der Waals surface area contributed by atoms with E-state index in [0.717, 1.165) is 64.2 Å². The predicted octanol–water partition coefficient (Wildman–Crippen LogP) is 14.6. The van der Waals surface area contributed by atoms with Crippen molar-refractivity contribution in [1.82, 2.24) is 0 Å². The maximum atomic E-state index is 12.7. The Labute approximate surface area is 375 Å². The smallest absolute Gasteiger partial charge is 0.462 e. The fourth-order valence-electron chi connectivity index (χ4n) is 6.77. The van der Waals surface area contributed by atoms with Crippen molar-refractivity contribution in [3.8, 4) is 0 Å². The fraction of sp³-hybridized carbons (Fsp3) is 0.804. The number of phosphoric acid groups is 1. The van der Waals surface area contributed by atoms with Crippen LogP contribution in [0, 0.1) is 0 Å². The molecule has 0 aromatic rings. The number of hydrogen-bond acceptors (Lipinski definition) is 7. The van der Waals surface area contributed by atoms with Crippen molar-refractivity contribution in [3.05, 3.63) is 48.6 Å². The summed E-state index contributed by atoms with van der Waals surface area (Å²) in [6, 6.07) is 0. The highest BCUT2D eigenvalue weighted by atomic mass is 31.2. The molecule has 0 rings (SSSR count). The minimum Gasteiger partial charge on any atom is -0.462 e. The SMILES string of the molecule is CC/C=C\C/C=C\C/C=C\C/C=C\CCCCCCCCCCCCCCCCCCCCC(=O)OC(COC(=O)CCCCCCCC)COP(=O)(O)OCC[N+](C)(C)C. The largest absolute Gasteiger partial charge is 0.472 e. The Balaban J connectivity index is 3.93. The first-order chi connectivity index (χ1) is 29.5. The van der Waals surface area contributed by atoms with E-state index in [2.05, 4.69) is 62.5 Å². The van der Waals surface area contributed by atoms with Gasteiger partial charge in [-0.3, -0.25) is 18.6 Å². The molecule has 0 saturated carbocycles. The van der Waals surface area contributed by atoms with Crippen LogP contribution in [0.2, 0.25) is 0 Å². The second kappa shape index (κ2) is 43.2. The molecule has 0 aromatic carbocycles. The van der Waals surface area contributed by atoms with E-state index < -0.39 is 26.5 Å². The number of carbonyl (C=O) groups excluding carboxylic acids is 2. The summed E-state index contributed by atoms with van der Waals surface area (Å²) in [6.07, 6.45) is 52.2. The molecule has 0 fully saturated rings. The van der Waals surface area contributed by atoms with Crippen LogP contribution in [0.1, 0.15) is 213 Å². The number of rotatable bonds is 45. The van der Waals surface area contributed by atoms with Gasteiger partial charge in [-0.2, -0.15) is 0 Å². The molecule has 0 aliphatic heterocycles. The Bertz CT molecular complexity index is 1180. The van der Waals surface area contributed by atoms with Crippen molar-refractivity contribution in [2.24, 2.45) is 0 Å². The normalized spacial score (nSPS) is 13.9. The molecule has 0 bridgehead atoms. The van der Waals surface area contributed by atoms with Gasteiger partial charge >= 0.3 is 19.8 Å². The molecule has 10 heteroatoms. The second-order valence-corrected chi connectivity index (χ2v) is 19.3. The number of ether oxygens (including phenoxy) is 2. The third-order valence-electron chi connectivity index (χ3n) is 10.6. The van der Waals surface area contributed by atoms with Gasteiger partial charge in [-0.05, 0) is 51.4 Å². The highest BCUT2D eigenvalue weighted by Gasteiger charge is 2.27. The molecule has 0 saturated heterocycles. The lowest BCUT2D eigenvalue weighted by atomic mass is 10.0. The summed E-state index contributed by atoms with van der Waals surface area (Å²) >= 11 is 0. The number of unbranched alkanes of at least 4 members (excludes halogenated alkanes) is 23. The van der Waals surface area contributed by atoms with Gasteiger partial charge in [0.15, 0.2) is 6.10 Å². The zero-order valence-corrected chi connectivity index (χ0v) is 41.0. The minimum atomic E-state index is -4.37. The summed E-state index contributed by atoms with van der Waals surface area (Å²) in [4.78, 5) is 35.2. The molecule has 0 aliphatic carbocycles. The Morgan fingerprint density at radius 1 is 0.525 bits per heavy atom. The van der Waals surface area contributed by atoms with Crippen LogP contribution in [0.3, 0.4) is 0 Å². The summed E-state index contributed by atoms with van der Waals surface area (Å²) in [5.41, 5.74) is 0. The first-order valence-electron chi connectivity index (χ1n) is 24.9. The first-order valence-corrected chi connectivity index (χ1v) is 26.4. The lowest BCUT2D eigenvalue weighted by Gasteiger charge is -2.24. The number of allylic oxidation sites excluding steroid dienone is 8. The molecule has 2 unspecified atom stereocenters. The van der Waals surface area contributed by atoms with Gasteiger partial charge < -0.3 is 18.9 Å². The molecule has 0 amide bonds. The van der Waals surface area contributed by atoms with Gasteiger partial charge in [0, 0.05) is 12.8 Å². The van der Waals surface area contributed by atoms with Crippen molar-refractivity contribution >= 4 is 19.8 Å². The Kier molecular flexibility index (Phi) is 41.8. The summed E-state index contributed by atoms with van der Waals surface area (Å²) < 4.78 is 34.2. The van der Waals surface area contributed by atoms with Gasteiger partial charge in [0.05, 0.1) is 27.7 Å². The molecule has 0 aromatic heterocycles. The van der Waals surface area contributed by atoms with E-state index in [0.29, 0.717) is 17.4 Å². The lowest BCUT2D eigenvalue weighted by Crippen LogP contribution is -2.37. The molecule has 356 valence electrons. The van der Waals surface area contributed by atoms with Crippen LogP contribution in [-0.2, 0) is 32.7 Å². The quantitative estimate of drug-likeness (QED) is 0.0212. The van der Waals surface area contributed by atoms with E-state index in [1.807, 2.05) is 21.1 Å². The van der Waals surface area contributed by atoms with Crippen LogP contribution in [-0.4, -0.2) is 74.9 Å². The number of nitrogens with zero attached hydrogens (tertiary/aromatic N) is 1. The summed E-state index contributed by atoms with van der Waals surface area (Å²) in [5, 5.41) is 0. The topological polar surface area (TPSA) is 108 Å². The number of esters is 2. The van der Waals surface area contributed by atoms with Crippen LogP contribution < -0.4 is 0 Å². The van der Waals surface area contributed by atoms with Gasteiger partial charge in [0.25, 0.3) is 0 Å². The van der Waals surface area contributed by atoms with Gasteiger partial charge in [-0.15, -0.1) is 0 Å². The van der Waals surface area contributed by atoms with Gasteiger partial charge in [0.1, 0.15) is 19.8 Å². The highest BCUT2D eigenvalue weighted by Crippen LogP contribution is 2.43. The number of likely N-dealkylation sites (N-methyl/N-ethyl adjacent to an activating group) is 1. The molecule has 0 heterocycles. The van der Waals surface area contributed by atoms with Crippen molar-refractivity contribution in [3.63, 3.8) is 0 Å². The molecular weight excluding hydrogens is 786 g/mol. The molecule has 0 aliphatic rings. The second-order valence-electron chi connectivity index (χ2n) is 17.8. The van der Waals surface area contributed by atoms with Crippen molar-refractivity contribution in [1.29, 1.82) is 0 Å². The van der Waals surface area contributed by atoms with E-state index in [4.69, 9.17) is 18.5 Å². The molecule has 0 spiro atoms. The lowest BCUT2D eigenvalue weighted by molar-refractivity contribution is -0.870. The average molecular weight is 881 g/mol. The third-order valence-corrected chi connectivity index (χ3v) is 11.6. The van der Waals surface area contributed by atoms with Crippen LogP contribution >= 0.6 is 7.82 Å². The van der Waals surface area contributed by atoms with Crippen molar-refractivity contribution in [2.45, 2.75) is 219 Å². The number of quaternary nitrogens is 1. The van der Waals surface area contributed by atoms with Crippen LogP contribution in [0.15, 0.2) is 48.6 Å². The maximum absolute atomic E-state index is 12.7. The van der Waals surface area contributed by atoms with Crippen LogP contribution in [0.4, 0.5) is 0 Å². The van der Waals surface area contributed by atoms with E-state index in [1.54, 1.807) is 0 Å². The Morgan fingerprint density at radius 3 is 1.39 bits per heavy atom. The van der Waals surface area contributed by atoms with Crippen molar-refractivity contribution < 1.29 is 42.1 Å². The van der Waals surface area contributed by atoms with Crippen LogP contribution in [0.5, 0.6) is 0 Å². The van der Waals surface area contributed by atoms with E-state index >= 15 is 0 Å². The number of phosphoric ester groups is 1. The maximum Gasteiger partial charge on any atom is 0.472 e. The monoisotopic (exact) mass is 881 g/mol. The number of carbonyl (C=O) groups is 2.